The molecular weight excluding hydrogens is 220 g/mol. The van der Waals surface area contributed by atoms with E-state index in [1.54, 1.807) is 0 Å². The Balaban J connectivity index is 2.13. The molecule has 1 heterocycles. The van der Waals surface area contributed by atoms with Crippen molar-refractivity contribution in [3.8, 4) is 0 Å². The molecule has 0 bridgehead atoms. The number of rotatable bonds is 4. The van der Waals surface area contributed by atoms with Gasteiger partial charge in [-0.05, 0) is 17.9 Å². The molecule has 100 valence electrons. The first-order chi connectivity index (χ1) is 8.72. The molecule has 1 saturated heterocycles. The van der Waals surface area contributed by atoms with E-state index in [2.05, 4.69) is 61.3 Å². The third-order valence-corrected chi connectivity index (χ3v) is 4.08. The lowest BCUT2D eigenvalue weighted by atomic mass is 9.95. The molecule has 2 rings (SSSR count). The molecule has 0 amide bonds. The molecule has 1 aromatic carbocycles. The van der Waals surface area contributed by atoms with Gasteiger partial charge in [0, 0.05) is 31.7 Å². The van der Waals surface area contributed by atoms with E-state index >= 15 is 0 Å². The van der Waals surface area contributed by atoms with Crippen LogP contribution in [-0.4, -0.2) is 30.1 Å². The first-order valence-corrected chi connectivity index (χ1v) is 7.22. The van der Waals surface area contributed by atoms with Gasteiger partial charge in [-0.2, -0.15) is 0 Å². The average molecular weight is 246 g/mol. The molecule has 1 aliphatic rings. The maximum atomic E-state index is 3.59. The monoisotopic (exact) mass is 246 g/mol. The topological polar surface area (TPSA) is 15.3 Å². The van der Waals surface area contributed by atoms with Crippen molar-refractivity contribution in [1.29, 1.82) is 0 Å². The fourth-order valence-corrected chi connectivity index (χ4v) is 2.94. The van der Waals surface area contributed by atoms with E-state index in [1.165, 1.54) is 12.0 Å². The molecule has 0 spiro atoms. The molecule has 1 fully saturated rings. The lowest BCUT2D eigenvalue weighted by Crippen LogP contribution is -2.58. The minimum absolute atomic E-state index is 0.656. The Hall–Kier alpha value is -0.860. The molecule has 0 aliphatic carbocycles. The molecular formula is C16H26N2. The summed E-state index contributed by atoms with van der Waals surface area (Å²) in [4.78, 5) is 2.70. The van der Waals surface area contributed by atoms with Crippen molar-refractivity contribution in [3.05, 3.63) is 35.9 Å². The second kappa shape index (κ2) is 6.35. The van der Waals surface area contributed by atoms with Crippen molar-refractivity contribution >= 4 is 0 Å². The minimum Gasteiger partial charge on any atom is -0.314 e. The van der Waals surface area contributed by atoms with Crippen LogP contribution in [0.4, 0.5) is 0 Å². The number of piperazine rings is 1. The Morgan fingerprint density at radius 2 is 1.94 bits per heavy atom. The van der Waals surface area contributed by atoms with Crippen LogP contribution in [0.15, 0.2) is 30.3 Å². The lowest BCUT2D eigenvalue weighted by molar-refractivity contribution is 0.0587. The van der Waals surface area contributed by atoms with Gasteiger partial charge in [0.2, 0.25) is 0 Å². The number of hydrogen-bond acceptors (Lipinski definition) is 2. The van der Waals surface area contributed by atoms with Gasteiger partial charge in [-0.25, -0.2) is 0 Å². The summed E-state index contributed by atoms with van der Waals surface area (Å²) in [5.41, 5.74) is 1.43. The van der Waals surface area contributed by atoms with Crippen LogP contribution in [0.1, 0.15) is 32.8 Å². The van der Waals surface area contributed by atoms with E-state index in [9.17, 15) is 0 Å². The first-order valence-electron chi connectivity index (χ1n) is 7.22. The van der Waals surface area contributed by atoms with E-state index in [4.69, 9.17) is 0 Å². The summed E-state index contributed by atoms with van der Waals surface area (Å²) in [6.45, 7) is 10.3. The van der Waals surface area contributed by atoms with Gasteiger partial charge in [0.25, 0.3) is 0 Å². The second-order valence-electron chi connectivity index (χ2n) is 5.69. The SMILES string of the molecule is CCC1CNC[C@@H](C(C)C)N1Cc1ccccc1. The Bertz CT molecular complexity index is 347. The summed E-state index contributed by atoms with van der Waals surface area (Å²) in [5, 5.41) is 3.59. The van der Waals surface area contributed by atoms with Crippen LogP contribution in [0, 0.1) is 5.92 Å². The summed E-state index contributed by atoms with van der Waals surface area (Å²) in [5.74, 6) is 0.704. The van der Waals surface area contributed by atoms with Gasteiger partial charge in [0.1, 0.15) is 0 Å². The molecule has 2 atom stereocenters. The largest absolute Gasteiger partial charge is 0.314 e. The van der Waals surface area contributed by atoms with Crippen LogP contribution >= 0.6 is 0 Å². The molecule has 2 nitrogen and oxygen atoms in total. The maximum absolute atomic E-state index is 3.59. The summed E-state index contributed by atoms with van der Waals surface area (Å²) in [6.07, 6.45) is 1.23. The van der Waals surface area contributed by atoms with Gasteiger partial charge in [0.05, 0.1) is 0 Å². The predicted molar refractivity (Wildman–Crippen MR) is 77.6 cm³/mol. The highest BCUT2D eigenvalue weighted by molar-refractivity contribution is 5.15. The Kier molecular flexibility index (Phi) is 4.79. The molecule has 1 aromatic rings. The molecule has 0 saturated carbocycles. The van der Waals surface area contributed by atoms with E-state index in [0.717, 1.165) is 19.6 Å². The Morgan fingerprint density at radius 1 is 1.22 bits per heavy atom. The summed E-state index contributed by atoms with van der Waals surface area (Å²) >= 11 is 0. The highest BCUT2D eigenvalue weighted by atomic mass is 15.2. The zero-order chi connectivity index (χ0) is 13.0. The number of hydrogen-bond donors (Lipinski definition) is 1. The van der Waals surface area contributed by atoms with E-state index in [1.807, 2.05) is 0 Å². The molecule has 1 N–H and O–H groups in total. The first kappa shape index (κ1) is 13.6. The third kappa shape index (κ3) is 3.12. The maximum Gasteiger partial charge on any atom is 0.0250 e. The van der Waals surface area contributed by atoms with Crippen molar-refractivity contribution in [3.63, 3.8) is 0 Å². The van der Waals surface area contributed by atoms with E-state index in [-0.39, 0.29) is 0 Å². The van der Waals surface area contributed by atoms with Crippen molar-refractivity contribution in [2.45, 2.75) is 45.8 Å². The van der Waals surface area contributed by atoms with Crippen LogP contribution in [0.25, 0.3) is 0 Å². The van der Waals surface area contributed by atoms with Crippen LogP contribution in [0.5, 0.6) is 0 Å². The van der Waals surface area contributed by atoms with E-state index < -0.39 is 0 Å². The normalized spacial score (nSPS) is 25.6. The van der Waals surface area contributed by atoms with E-state index in [0.29, 0.717) is 18.0 Å². The van der Waals surface area contributed by atoms with Gasteiger partial charge >= 0.3 is 0 Å². The smallest absolute Gasteiger partial charge is 0.0250 e. The molecule has 1 unspecified atom stereocenters. The molecule has 0 radical (unpaired) electrons. The second-order valence-corrected chi connectivity index (χ2v) is 5.69. The van der Waals surface area contributed by atoms with Gasteiger partial charge in [-0.3, -0.25) is 4.90 Å². The molecule has 1 aliphatic heterocycles. The van der Waals surface area contributed by atoms with Crippen molar-refractivity contribution in [2.75, 3.05) is 13.1 Å². The van der Waals surface area contributed by atoms with Crippen molar-refractivity contribution in [1.82, 2.24) is 10.2 Å². The minimum atomic E-state index is 0.656. The zero-order valence-corrected chi connectivity index (χ0v) is 11.9. The zero-order valence-electron chi connectivity index (χ0n) is 11.9. The van der Waals surface area contributed by atoms with Crippen LogP contribution in [0.2, 0.25) is 0 Å². The van der Waals surface area contributed by atoms with Crippen LogP contribution in [-0.2, 0) is 6.54 Å². The fraction of sp³-hybridized carbons (Fsp3) is 0.625. The van der Waals surface area contributed by atoms with Gasteiger partial charge < -0.3 is 5.32 Å². The summed E-state index contributed by atoms with van der Waals surface area (Å²) < 4.78 is 0. The standard InChI is InChI=1S/C16H26N2/c1-4-15-10-17-11-16(13(2)3)18(15)12-14-8-6-5-7-9-14/h5-9,13,15-17H,4,10-12H2,1-3H3/t15?,16-/m0/s1. The number of nitrogens with zero attached hydrogens (tertiary/aromatic N) is 1. The lowest BCUT2D eigenvalue weighted by Gasteiger charge is -2.44. The van der Waals surface area contributed by atoms with Crippen molar-refractivity contribution < 1.29 is 0 Å². The Labute approximate surface area is 111 Å². The molecule has 18 heavy (non-hydrogen) atoms. The molecule has 2 heteroatoms. The fourth-order valence-electron chi connectivity index (χ4n) is 2.94. The van der Waals surface area contributed by atoms with Crippen molar-refractivity contribution in [2.24, 2.45) is 5.92 Å². The number of benzene rings is 1. The van der Waals surface area contributed by atoms with Crippen LogP contribution < -0.4 is 5.32 Å². The quantitative estimate of drug-likeness (QED) is 0.879. The summed E-state index contributed by atoms with van der Waals surface area (Å²) in [6, 6.07) is 12.2. The highest BCUT2D eigenvalue weighted by Gasteiger charge is 2.30. The Morgan fingerprint density at radius 3 is 2.56 bits per heavy atom. The van der Waals surface area contributed by atoms with Gasteiger partial charge in [-0.1, -0.05) is 51.1 Å². The van der Waals surface area contributed by atoms with Gasteiger partial charge in [-0.15, -0.1) is 0 Å². The average Bonchev–Trinajstić information content (AvgIpc) is 2.40. The van der Waals surface area contributed by atoms with Gasteiger partial charge in [0.15, 0.2) is 0 Å². The molecule has 0 aromatic heterocycles. The predicted octanol–water partition coefficient (Wildman–Crippen LogP) is 2.90. The third-order valence-electron chi connectivity index (χ3n) is 4.08. The van der Waals surface area contributed by atoms with Crippen LogP contribution in [0.3, 0.4) is 0 Å². The highest BCUT2D eigenvalue weighted by Crippen LogP contribution is 2.21. The summed E-state index contributed by atoms with van der Waals surface area (Å²) in [7, 11) is 0. The number of nitrogens with one attached hydrogen (secondary N) is 1.